The van der Waals surface area contributed by atoms with Gasteiger partial charge in [0, 0.05) is 11.4 Å². The molecule has 0 saturated heterocycles. The fourth-order valence-corrected chi connectivity index (χ4v) is 2.22. The Morgan fingerprint density at radius 1 is 0.905 bits per heavy atom. The predicted octanol–water partition coefficient (Wildman–Crippen LogP) is 3.46. The standard InChI is InChI=1S/C17H17N3O/c1-13-8-9-14(2)20(13)17-18-10-16(11-19-17)21-12-15-6-4-3-5-7-15/h3-11H,12H2,1-2H3. The minimum Gasteiger partial charge on any atom is -0.486 e. The molecule has 0 radical (unpaired) electrons. The summed E-state index contributed by atoms with van der Waals surface area (Å²) in [5.74, 6) is 1.34. The van der Waals surface area contributed by atoms with E-state index in [0.29, 0.717) is 18.3 Å². The molecule has 1 aromatic carbocycles. The lowest BCUT2D eigenvalue weighted by Gasteiger charge is -2.09. The second kappa shape index (κ2) is 5.79. The van der Waals surface area contributed by atoms with E-state index in [1.165, 1.54) is 0 Å². The van der Waals surface area contributed by atoms with E-state index in [1.807, 2.05) is 48.7 Å². The van der Waals surface area contributed by atoms with Gasteiger partial charge in [0.1, 0.15) is 6.61 Å². The molecule has 0 amide bonds. The lowest BCUT2D eigenvalue weighted by molar-refractivity contribution is 0.303. The number of rotatable bonds is 4. The van der Waals surface area contributed by atoms with Gasteiger partial charge in [-0.05, 0) is 31.5 Å². The summed E-state index contributed by atoms with van der Waals surface area (Å²) in [5, 5.41) is 0. The Hall–Kier alpha value is -2.62. The molecule has 0 atom stereocenters. The second-order valence-corrected chi connectivity index (χ2v) is 4.94. The highest BCUT2D eigenvalue weighted by atomic mass is 16.5. The van der Waals surface area contributed by atoms with E-state index in [2.05, 4.69) is 22.1 Å². The summed E-state index contributed by atoms with van der Waals surface area (Å²) in [5.41, 5.74) is 3.36. The molecule has 0 unspecified atom stereocenters. The van der Waals surface area contributed by atoms with Crippen LogP contribution in [0.5, 0.6) is 5.75 Å². The monoisotopic (exact) mass is 279 g/mol. The maximum Gasteiger partial charge on any atom is 0.234 e. The van der Waals surface area contributed by atoms with Gasteiger partial charge in [0.05, 0.1) is 12.4 Å². The summed E-state index contributed by atoms with van der Waals surface area (Å²) in [6, 6.07) is 14.1. The Balaban J connectivity index is 1.73. The summed E-state index contributed by atoms with van der Waals surface area (Å²) in [4.78, 5) is 8.76. The third-order valence-electron chi connectivity index (χ3n) is 3.33. The van der Waals surface area contributed by atoms with Gasteiger partial charge >= 0.3 is 0 Å². The quantitative estimate of drug-likeness (QED) is 0.734. The third-order valence-corrected chi connectivity index (χ3v) is 3.33. The van der Waals surface area contributed by atoms with Crippen molar-refractivity contribution in [3.8, 4) is 11.7 Å². The van der Waals surface area contributed by atoms with Crippen LogP contribution in [0.3, 0.4) is 0 Å². The van der Waals surface area contributed by atoms with Gasteiger partial charge in [-0.1, -0.05) is 30.3 Å². The van der Waals surface area contributed by atoms with Crippen LogP contribution in [0.1, 0.15) is 17.0 Å². The minimum absolute atomic E-state index is 0.519. The first-order valence-electron chi connectivity index (χ1n) is 6.88. The van der Waals surface area contributed by atoms with E-state index < -0.39 is 0 Å². The summed E-state index contributed by atoms with van der Waals surface area (Å²) >= 11 is 0. The van der Waals surface area contributed by atoms with Gasteiger partial charge in [-0.15, -0.1) is 0 Å². The van der Waals surface area contributed by atoms with Crippen molar-refractivity contribution < 1.29 is 4.74 Å². The van der Waals surface area contributed by atoms with Crippen molar-refractivity contribution in [2.24, 2.45) is 0 Å². The first kappa shape index (κ1) is 13.4. The number of aromatic nitrogens is 3. The van der Waals surface area contributed by atoms with Gasteiger partial charge < -0.3 is 4.74 Å². The summed E-state index contributed by atoms with van der Waals surface area (Å²) in [6.07, 6.45) is 3.42. The maximum atomic E-state index is 5.69. The Morgan fingerprint density at radius 3 is 2.14 bits per heavy atom. The summed E-state index contributed by atoms with van der Waals surface area (Å²) in [6.45, 7) is 4.59. The molecule has 106 valence electrons. The van der Waals surface area contributed by atoms with E-state index >= 15 is 0 Å². The highest BCUT2D eigenvalue weighted by molar-refractivity contribution is 5.27. The lowest BCUT2D eigenvalue weighted by atomic mass is 10.2. The number of ether oxygens (including phenoxy) is 1. The van der Waals surface area contributed by atoms with E-state index in [-0.39, 0.29) is 0 Å². The van der Waals surface area contributed by atoms with E-state index in [0.717, 1.165) is 17.0 Å². The highest BCUT2D eigenvalue weighted by Crippen LogP contribution is 2.15. The fourth-order valence-electron chi connectivity index (χ4n) is 2.22. The van der Waals surface area contributed by atoms with Crippen LogP contribution in [0.25, 0.3) is 5.95 Å². The molecular formula is C17H17N3O. The molecule has 0 aliphatic rings. The number of hydrogen-bond donors (Lipinski definition) is 0. The molecule has 0 bridgehead atoms. The molecule has 0 spiro atoms. The molecule has 4 heteroatoms. The van der Waals surface area contributed by atoms with Crippen LogP contribution in [0.2, 0.25) is 0 Å². The van der Waals surface area contributed by atoms with E-state index in [4.69, 9.17) is 4.74 Å². The van der Waals surface area contributed by atoms with E-state index in [9.17, 15) is 0 Å². The average Bonchev–Trinajstić information content (AvgIpc) is 2.86. The minimum atomic E-state index is 0.519. The zero-order valence-electron chi connectivity index (χ0n) is 12.2. The lowest BCUT2D eigenvalue weighted by Crippen LogP contribution is -2.05. The Bertz CT molecular complexity index is 698. The Morgan fingerprint density at radius 2 is 1.52 bits per heavy atom. The average molecular weight is 279 g/mol. The normalized spacial score (nSPS) is 10.6. The summed E-state index contributed by atoms with van der Waals surface area (Å²) < 4.78 is 7.71. The Labute approximate surface area is 124 Å². The fraction of sp³-hybridized carbons (Fsp3) is 0.176. The number of nitrogens with zero attached hydrogens (tertiary/aromatic N) is 3. The van der Waals surface area contributed by atoms with E-state index in [1.54, 1.807) is 12.4 Å². The molecule has 0 saturated carbocycles. The van der Waals surface area contributed by atoms with Gasteiger partial charge in [-0.25, -0.2) is 9.97 Å². The first-order valence-corrected chi connectivity index (χ1v) is 6.88. The zero-order valence-corrected chi connectivity index (χ0v) is 12.2. The molecule has 3 rings (SSSR count). The van der Waals surface area contributed by atoms with Crippen molar-refractivity contribution in [3.05, 3.63) is 71.8 Å². The van der Waals surface area contributed by atoms with Gasteiger partial charge in [0.15, 0.2) is 5.75 Å². The molecule has 2 aromatic heterocycles. The molecule has 0 fully saturated rings. The van der Waals surface area contributed by atoms with Crippen LogP contribution >= 0.6 is 0 Å². The molecule has 2 heterocycles. The third kappa shape index (κ3) is 2.94. The largest absolute Gasteiger partial charge is 0.486 e. The van der Waals surface area contributed by atoms with Crippen LogP contribution in [-0.2, 0) is 6.61 Å². The second-order valence-electron chi connectivity index (χ2n) is 4.94. The van der Waals surface area contributed by atoms with Crippen LogP contribution in [-0.4, -0.2) is 14.5 Å². The molecule has 4 nitrogen and oxygen atoms in total. The molecule has 21 heavy (non-hydrogen) atoms. The maximum absolute atomic E-state index is 5.69. The number of benzene rings is 1. The zero-order chi connectivity index (χ0) is 14.7. The van der Waals surface area contributed by atoms with Crippen molar-refractivity contribution in [2.75, 3.05) is 0 Å². The van der Waals surface area contributed by atoms with Gasteiger partial charge in [-0.2, -0.15) is 0 Å². The van der Waals surface area contributed by atoms with Crippen molar-refractivity contribution >= 4 is 0 Å². The number of aryl methyl sites for hydroxylation is 2. The molecule has 0 aliphatic carbocycles. The van der Waals surface area contributed by atoms with Crippen molar-refractivity contribution in [1.82, 2.24) is 14.5 Å². The SMILES string of the molecule is Cc1ccc(C)n1-c1ncc(OCc2ccccc2)cn1. The van der Waals surface area contributed by atoms with Crippen molar-refractivity contribution in [2.45, 2.75) is 20.5 Å². The van der Waals surface area contributed by atoms with Gasteiger partial charge in [0.25, 0.3) is 0 Å². The molecule has 0 N–H and O–H groups in total. The van der Waals surface area contributed by atoms with Crippen molar-refractivity contribution in [3.63, 3.8) is 0 Å². The molecule has 0 aliphatic heterocycles. The van der Waals surface area contributed by atoms with Crippen LogP contribution in [0.15, 0.2) is 54.9 Å². The van der Waals surface area contributed by atoms with Crippen LogP contribution in [0, 0.1) is 13.8 Å². The Kier molecular flexibility index (Phi) is 3.69. The molecule has 3 aromatic rings. The van der Waals surface area contributed by atoms with Crippen LogP contribution < -0.4 is 4.74 Å². The smallest absolute Gasteiger partial charge is 0.234 e. The highest BCUT2D eigenvalue weighted by Gasteiger charge is 2.06. The predicted molar refractivity (Wildman–Crippen MR) is 81.6 cm³/mol. The van der Waals surface area contributed by atoms with Gasteiger partial charge in [0.2, 0.25) is 5.95 Å². The molecular weight excluding hydrogens is 262 g/mol. The van der Waals surface area contributed by atoms with Gasteiger partial charge in [-0.3, -0.25) is 4.57 Å². The topological polar surface area (TPSA) is 39.9 Å². The van der Waals surface area contributed by atoms with Crippen molar-refractivity contribution in [1.29, 1.82) is 0 Å². The van der Waals surface area contributed by atoms with Crippen LogP contribution in [0.4, 0.5) is 0 Å². The number of hydrogen-bond acceptors (Lipinski definition) is 3. The summed E-state index contributed by atoms with van der Waals surface area (Å²) in [7, 11) is 0. The first-order chi connectivity index (χ1) is 10.2.